The molecule has 0 fully saturated rings. The molecule has 0 radical (unpaired) electrons. The molecule has 1 aromatic heterocycles. The lowest BCUT2D eigenvalue weighted by Crippen LogP contribution is -2.35. The Balaban J connectivity index is 2.23. The van der Waals surface area contributed by atoms with Crippen LogP contribution in [0, 0.1) is 0 Å². The molecular formula is C16H28N2O3. The molecule has 0 spiro atoms. The molecule has 0 aliphatic heterocycles. The van der Waals surface area contributed by atoms with Gasteiger partial charge in [-0.25, -0.2) is 0 Å². The summed E-state index contributed by atoms with van der Waals surface area (Å²) in [5.41, 5.74) is 1.07. The third-order valence-electron chi connectivity index (χ3n) is 2.72. The molecule has 0 saturated heterocycles. The number of pyridine rings is 1. The van der Waals surface area contributed by atoms with Gasteiger partial charge in [-0.1, -0.05) is 0 Å². The molecule has 1 N–H and O–H groups in total. The van der Waals surface area contributed by atoms with E-state index in [4.69, 9.17) is 14.2 Å². The number of hydrogen-bond acceptors (Lipinski definition) is 5. The second-order valence-electron chi connectivity index (χ2n) is 5.89. The summed E-state index contributed by atoms with van der Waals surface area (Å²) in [6.07, 6.45) is 2.64. The fourth-order valence-corrected chi connectivity index (χ4v) is 1.59. The van der Waals surface area contributed by atoms with Gasteiger partial charge in [-0.3, -0.25) is 4.98 Å². The Kier molecular flexibility index (Phi) is 8.27. The normalized spacial score (nSPS) is 11.6. The van der Waals surface area contributed by atoms with Crippen molar-refractivity contribution >= 4 is 0 Å². The minimum Gasteiger partial charge on any atom is -0.493 e. The largest absolute Gasteiger partial charge is 0.493 e. The molecule has 0 aliphatic rings. The summed E-state index contributed by atoms with van der Waals surface area (Å²) >= 11 is 0. The summed E-state index contributed by atoms with van der Waals surface area (Å²) in [6.45, 7) is 9.74. The van der Waals surface area contributed by atoms with Gasteiger partial charge >= 0.3 is 0 Å². The highest BCUT2D eigenvalue weighted by Crippen LogP contribution is 2.12. The smallest absolute Gasteiger partial charge is 0.122 e. The highest BCUT2D eigenvalue weighted by Gasteiger charge is 2.09. The summed E-state index contributed by atoms with van der Waals surface area (Å²) in [6, 6.07) is 3.86. The molecule has 0 aliphatic carbocycles. The van der Waals surface area contributed by atoms with Gasteiger partial charge in [0.2, 0.25) is 0 Å². The van der Waals surface area contributed by atoms with Crippen LogP contribution < -0.4 is 10.1 Å². The number of hydrogen-bond donors (Lipinski definition) is 1. The molecular weight excluding hydrogens is 268 g/mol. The quantitative estimate of drug-likeness (QED) is 0.672. The van der Waals surface area contributed by atoms with Gasteiger partial charge in [0, 0.05) is 44.5 Å². The molecule has 0 saturated carbocycles. The molecule has 5 nitrogen and oxygen atoms in total. The number of nitrogens with one attached hydrogen (secondary N) is 1. The Labute approximate surface area is 128 Å². The first-order valence-electron chi connectivity index (χ1n) is 7.41. The van der Waals surface area contributed by atoms with E-state index in [2.05, 4.69) is 31.1 Å². The third kappa shape index (κ3) is 9.39. The van der Waals surface area contributed by atoms with Crippen molar-refractivity contribution in [1.29, 1.82) is 0 Å². The van der Waals surface area contributed by atoms with Crippen molar-refractivity contribution < 1.29 is 14.2 Å². The van der Waals surface area contributed by atoms with E-state index in [-0.39, 0.29) is 5.54 Å². The van der Waals surface area contributed by atoms with E-state index in [0.717, 1.165) is 24.4 Å². The summed E-state index contributed by atoms with van der Waals surface area (Å²) < 4.78 is 16.0. The van der Waals surface area contributed by atoms with Crippen LogP contribution in [0.5, 0.6) is 5.75 Å². The lowest BCUT2D eigenvalue weighted by molar-refractivity contribution is 0.0644. The van der Waals surface area contributed by atoms with Crippen LogP contribution in [0.15, 0.2) is 18.3 Å². The first kappa shape index (κ1) is 17.9. The molecule has 1 aromatic rings. The average molecular weight is 296 g/mol. The van der Waals surface area contributed by atoms with Gasteiger partial charge in [-0.15, -0.1) is 0 Å². The van der Waals surface area contributed by atoms with E-state index in [9.17, 15) is 0 Å². The molecule has 120 valence electrons. The Morgan fingerprint density at radius 1 is 1.14 bits per heavy atom. The SMILES string of the molecule is COCCOCCCOc1ccnc(CNC(C)(C)C)c1. The number of ether oxygens (including phenoxy) is 3. The zero-order chi connectivity index (χ0) is 15.6. The highest BCUT2D eigenvalue weighted by molar-refractivity contribution is 5.22. The standard InChI is InChI=1S/C16H28N2O3/c1-16(2,3)18-13-14-12-15(6-7-17-14)21-9-5-8-20-11-10-19-4/h6-7,12,18H,5,8-11,13H2,1-4H3. The number of methoxy groups -OCH3 is 1. The zero-order valence-corrected chi connectivity index (χ0v) is 13.6. The molecule has 1 rings (SSSR count). The Hall–Kier alpha value is -1.17. The van der Waals surface area contributed by atoms with Crippen molar-refractivity contribution in [1.82, 2.24) is 10.3 Å². The molecule has 0 bridgehead atoms. The molecule has 1 heterocycles. The highest BCUT2D eigenvalue weighted by atomic mass is 16.5. The van der Waals surface area contributed by atoms with Crippen molar-refractivity contribution in [2.45, 2.75) is 39.3 Å². The number of nitrogens with zero attached hydrogens (tertiary/aromatic N) is 1. The molecule has 0 atom stereocenters. The van der Waals surface area contributed by atoms with Gasteiger partial charge < -0.3 is 19.5 Å². The number of aromatic nitrogens is 1. The van der Waals surface area contributed by atoms with E-state index in [0.29, 0.717) is 26.4 Å². The summed E-state index contributed by atoms with van der Waals surface area (Å²) in [5, 5.41) is 3.41. The molecule has 0 amide bonds. The molecule has 21 heavy (non-hydrogen) atoms. The van der Waals surface area contributed by atoms with Gasteiger partial charge in [0.1, 0.15) is 5.75 Å². The van der Waals surface area contributed by atoms with E-state index in [1.165, 1.54) is 0 Å². The van der Waals surface area contributed by atoms with Crippen LogP contribution in [0.1, 0.15) is 32.9 Å². The summed E-state index contributed by atoms with van der Waals surface area (Å²) in [7, 11) is 1.67. The van der Waals surface area contributed by atoms with Crippen molar-refractivity contribution in [3.05, 3.63) is 24.0 Å². The maximum Gasteiger partial charge on any atom is 0.122 e. The summed E-state index contributed by atoms with van der Waals surface area (Å²) in [4.78, 5) is 4.34. The summed E-state index contributed by atoms with van der Waals surface area (Å²) in [5.74, 6) is 0.854. The Bertz CT molecular complexity index is 391. The van der Waals surface area contributed by atoms with Crippen LogP contribution in [-0.2, 0) is 16.0 Å². The van der Waals surface area contributed by atoms with E-state index >= 15 is 0 Å². The predicted octanol–water partition coefficient (Wildman–Crippen LogP) is 2.40. The fraction of sp³-hybridized carbons (Fsp3) is 0.688. The minimum absolute atomic E-state index is 0.0814. The first-order valence-corrected chi connectivity index (χ1v) is 7.41. The van der Waals surface area contributed by atoms with Crippen LogP contribution >= 0.6 is 0 Å². The molecule has 0 aromatic carbocycles. The van der Waals surface area contributed by atoms with Crippen LogP contribution in [0.25, 0.3) is 0 Å². The van der Waals surface area contributed by atoms with Crippen LogP contribution in [-0.4, -0.2) is 44.1 Å². The second-order valence-corrected chi connectivity index (χ2v) is 5.89. The Morgan fingerprint density at radius 2 is 1.95 bits per heavy atom. The maximum absolute atomic E-state index is 5.71. The van der Waals surface area contributed by atoms with Crippen molar-refractivity contribution in [3.63, 3.8) is 0 Å². The monoisotopic (exact) mass is 296 g/mol. The van der Waals surface area contributed by atoms with Gasteiger partial charge in [-0.05, 0) is 26.8 Å². The lowest BCUT2D eigenvalue weighted by atomic mass is 10.1. The second kappa shape index (κ2) is 9.71. The van der Waals surface area contributed by atoms with Gasteiger partial charge in [0.15, 0.2) is 0 Å². The zero-order valence-electron chi connectivity index (χ0n) is 13.6. The van der Waals surface area contributed by atoms with Crippen molar-refractivity contribution in [2.75, 3.05) is 33.5 Å². The predicted molar refractivity (Wildman–Crippen MR) is 83.6 cm³/mol. The van der Waals surface area contributed by atoms with E-state index in [1.54, 1.807) is 13.3 Å². The van der Waals surface area contributed by atoms with Gasteiger partial charge in [0.05, 0.1) is 25.5 Å². The molecule has 0 unspecified atom stereocenters. The van der Waals surface area contributed by atoms with Crippen LogP contribution in [0.2, 0.25) is 0 Å². The van der Waals surface area contributed by atoms with E-state index in [1.807, 2.05) is 12.1 Å². The maximum atomic E-state index is 5.71. The Morgan fingerprint density at radius 3 is 2.67 bits per heavy atom. The van der Waals surface area contributed by atoms with Crippen LogP contribution in [0.4, 0.5) is 0 Å². The average Bonchev–Trinajstić information content (AvgIpc) is 2.44. The third-order valence-corrected chi connectivity index (χ3v) is 2.72. The van der Waals surface area contributed by atoms with Gasteiger partial charge in [-0.2, -0.15) is 0 Å². The van der Waals surface area contributed by atoms with Gasteiger partial charge in [0.25, 0.3) is 0 Å². The molecule has 5 heteroatoms. The first-order chi connectivity index (χ1) is 10.0. The fourth-order valence-electron chi connectivity index (χ4n) is 1.59. The van der Waals surface area contributed by atoms with Crippen LogP contribution in [0.3, 0.4) is 0 Å². The van der Waals surface area contributed by atoms with Crippen molar-refractivity contribution in [2.24, 2.45) is 0 Å². The minimum atomic E-state index is 0.0814. The lowest BCUT2D eigenvalue weighted by Gasteiger charge is -2.20. The number of rotatable bonds is 10. The van der Waals surface area contributed by atoms with Crippen molar-refractivity contribution in [3.8, 4) is 5.75 Å². The topological polar surface area (TPSA) is 52.6 Å². The van der Waals surface area contributed by atoms with E-state index < -0.39 is 0 Å².